The van der Waals surface area contributed by atoms with Gasteiger partial charge in [0.1, 0.15) is 11.5 Å². The van der Waals surface area contributed by atoms with Crippen LogP contribution in [-0.4, -0.2) is 46.4 Å². The summed E-state index contributed by atoms with van der Waals surface area (Å²) in [5, 5.41) is 0.874. The van der Waals surface area contributed by atoms with Gasteiger partial charge in [-0.05, 0) is 109 Å². The smallest absolute Gasteiger partial charge is 0.341 e. The first kappa shape index (κ1) is 40.8. The number of rotatable bonds is 10. The van der Waals surface area contributed by atoms with Crippen LogP contribution in [0.3, 0.4) is 0 Å². The molecule has 8 rings (SSSR count). The van der Waals surface area contributed by atoms with E-state index in [0.717, 1.165) is 74.4 Å². The van der Waals surface area contributed by atoms with Crippen LogP contribution in [0, 0.1) is 0 Å². The summed E-state index contributed by atoms with van der Waals surface area (Å²) in [6, 6.07) is 27.2. The van der Waals surface area contributed by atoms with E-state index in [9.17, 15) is 4.79 Å². The van der Waals surface area contributed by atoms with Gasteiger partial charge in [0, 0.05) is 54.2 Å². The Bertz CT molecular complexity index is 2330. The second kappa shape index (κ2) is 16.9. The predicted molar refractivity (Wildman–Crippen MR) is 240 cm³/mol. The Morgan fingerprint density at radius 2 is 1.00 bits per heavy atom. The van der Waals surface area contributed by atoms with Crippen molar-refractivity contribution in [1.29, 1.82) is 0 Å². The van der Waals surface area contributed by atoms with Crippen molar-refractivity contribution < 1.29 is 19.0 Å². The molecular weight excluding hydrogens is 857 g/mol. The van der Waals surface area contributed by atoms with Crippen molar-refractivity contribution in [3.8, 4) is 11.5 Å². The quantitative estimate of drug-likeness (QED) is 0.0791. The van der Waals surface area contributed by atoms with Crippen molar-refractivity contribution >= 4 is 98.1 Å². The van der Waals surface area contributed by atoms with Crippen molar-refractivity contribution in [2.75, 3.05) is 50.2 Å². The number of hydrogen-bond donors (Lipinski definition) is 0. The van der Waals surface area contributed by atoms with Crippen LogP contribution in [-0.2, 0) is 10.3 Å². The molecule has 0 unspecified atom stereocenters. The Morgan fingerprint density at radius 3 is 1.40 bits per heavy atom. The summed E-state index contributed by atoms with van der Waals surface area (Å²) < 4.78 is 17.6. The van der Waals surface area contributed by atoms with Gasteiger partial charge in [0.25, 0.3) is 0 Å². The van der Waals surface area contributed by atoms with E-state index >= 15 is 0 Å². The Balaban J connectivity index is 1.44. The van der Waals surface area contributed by atoms with E-state index in [-0.39, 0.29) is 31.2 Å². The maximum Gasteiger partial charge on any atom is 0.341 e. The lowest BCUT2D eigenvalue weighted by atomic mass is 9.83. The number of nitrogens with zero attached hydrogens (tertiary/aromatic N) is 2. The number of cyclic esters (lactones) is 1. The number of ether oxygens (including phenoxy) is 3. The first-order valence-corrected chi connectivity index (χ1v) is 21.2. The fourth-order valence-electron chi connectivity index (χ4n) is 8.08. The van der Waals surface area contributed by atoms with Gasteiger partial charge in [0.2, 0.25) is 0 Å². The van der Waals surface area contributed by atoms with E-state index in [1.165, 1.54) is 0 Å². The van der Waals surface area contributed by atoms with E-state index in [1.54, 1.807) is 14.2 Å². The molecule has 2 fully saturated rings. The topological polar surface area (TPSA) is 51.2 Å². The summed E-state index contributed by atoms with van der Waals surface area (Å²) in [6.45, 7) is 3.82. The highest BCUT2D eigenvalue weighted by Gasteiger charge is 2.48. The fraction of sp³-hybridized carbons (Fsp3) is 0.239. The van der Waals surface area contributed by atoms with Crippen LogP contribution in [0.1, 0.15) is 63.9 Å². The average Bonchev–Trinajstić information content (AvgIpc) is 4.03. The number of halogens is 6. The zero-order valence-corrected chi connectivity index (χ0v) is 36.2. The van der Waals surface area contributed by atoms with Crippen LogP contribution in [0.25, 0.3) is 11.1 Å². The molecule has 0 amide bonds. The molecule has 3 aliphatic heterocycles. The van der Waals surface area contributed by atoms with Crippen molar-refractivity contribution in [1.82, 2.24) is 0 Å². The summed E-state index contributed by atoms with van der Waals surface area (Å²) in [5.74, 6) is 0.592. The van der Waals surface area contributed by atoms with Gasteiger partial charge in [-0.15, -0.1) is 0 Å². The number of hydrogen-bond acceptors (Lipinski definition) is 6. The zero-order valence-electron chi connectivity index (χ0n) is 31.7. The highest BCUT2D eigenvalue weighted by atomic mass is 35.5. The van der Waals surface area contributed by atoms with Gasteiger partial charge in [0.05, 0.1) is 49.9 Å². The molecule has 12 heteroatoms. The molecule has 0 spiro atoms. The molecule has 5 aromatic carbocycles. The number of esters is 1. The van der Waals surface area contributed by atoms with Crippen molar-refractivity contribution in [2.24, 2.45) is 0 Å². The predicted octanol–water partition coefficient (Wildman–Crippen LogP) is 13.5. The molecule has 2 saturated heterocycles. The number of carbonyl (C=O) groups excluding carboxylic acids is 1. The molecule has 298 valence electrons. The molecule has 3 heterocycles. The number of anilines is 2. The van der Waals surface area contributed by atoms with Crippen LogP contribution in [0.5, 0.6) is 11.5 Å². The highest BCUT2D eigenvalue weighted by Crippen LogP contribution is 2.54. The normalized spacial score (nSPS) is 18.2. The molecule has 0 aromatic heterocycles. The van der Waals surface area contributed by atoms with Crippen molar-refractivity contribution in [3.63, 3.8) is 0 Å². The van der Waals surface area contributed by atoms with E-state index < -0.39 is 11.6 Å². The Hall–Kier alpha value is -4.01. The highest BCUT2D eigenvalue weighted by molar-refractivity contribution is 6.53. The summed E-state index contributed by atoms with van der Waals surface area (Å²) >= 11 is 42.0. The maximum absolute atomic E-state index is 14.3. The minimum absolute atomic E-state index is 0.00249. The summed E-state index contributed by atoms with van der Waals surface area (Å²) in [5.41, 5.74) is 4.70. The van der Waals surface area contributed by atoms with Crippen molar-refractivity contribution in [3.05, 3.63) is 161 Å². The molecule has 0 bridgehead atoms. The van der Waals surface area contributed by atoms with Gasteiger partial charge in [-0.2, -0.15) is 0 Å². The first-order valence-electron chi connectivity index (χ1n) is 19.0. The molecule has 58 heavy (non-hydrogen) atoms. The molecule has 0 N–H and O–H groups in total. The summed E-state index contributed by atoms with van der Waals surface area (Å²) in [4.78, 5) is 18.9. The largest absolute Gasteiger partial charge is 0.497 e. The average molecular weight is 896 g/mol. The molecule has 0 radical (unpaired) electrons. The number of methoxy groups -OCH3 is 2. The van der Waals surface area contributed by atoms with Crippen LogP contribution >= 0.6 is 69.6 Å². The summed E-state index contributed by atoms with van der Waals surface area (Å²) in [7, 11) is 3.22. The van der Waals surface area contributed by atoms with Crippen molar-refractivity contribution in [2.45, 2.75) is 31.3 Å². The number of fused-ring (bicyclic) bond motifs is 1. The number of carbonyl (C=O) groups is 1. The SMILES string of the molecule is COc1ccc(C(=CC2(C=C(c3ccc(OC)cc3)c3ccc(N4CCCC4)cc3Cl)OC(=O)c3c(Cl)c(Cl)c(Cl)c(Cl)c32)c2ccc(N3CCCC3)cc2Cl)cc1. The van der Waals surface area contributed by atoms with Gasteiger partial charge < -0.3 is 24.0 Å². The summed E-state index contributed by atoms with van der Waals surface area (Å²) in [6.07, 6.45) is 8.16. The monoisotopic (exact) mass is 892 g/mol. The first-order chi connectivity index (χ1) is 28.0. The van der Waals surface area contributed by atoms with Gasteiger partial charge >= 0.3 is 5.97 Å². The standard InChI is InChI=1S/C46H38Cl6N2O4/c1-56-31-13-7-27(8-14-31)35(33-17-11-29(23-37(33)47)53-19-3-4-20-53)25-46(40-39(45(55)58-46)41(49)43(51)44(52)42(40)50)26-36(28-9-15-32(57-2)16-10-28)34-18-12-30(24-38(34)48)54-21-5-6-22-54/h7-18,23-26H,3-6,19-22H2,1-2H3. The molecule has 6 nitrogen and oxygen atoms in total. The van der Waals surface area contributed by atoms with Gasteiger partial charge in [-0.25, -0.2) is 4.79 Å². The van der Waals surface area contributed by atoms with Crippen LogP contribution < -0.4 is 19.3 Å². The second-order valence-electron chi connectivity index (χ2n) is 14.5. The molecular formula is C46H38Cl6N2O4. The lowest BCUT2D eigenvalue weighted by molar-refractivity contribution is 0.0300. The van der Waals surface area contributed by atoms with E-state index in [4.69, 9.17) is 83.8 Å². The van der Waals surface area contributed by atoms with Gasteiger partial charge in [0.15, 0.2) is 5.60 Å². The third-order valence-corrected chi connectivity index (χ3v) is 13.5. The Kier molecular flexibility index (Phi) is 11.9. The molecule has 0 atom stereocenters. The number of benzene rings is 5. The third-order valence-electron chi connectivity index (χ3n) is 11.1. The van der Waals surface area contributed by atoms with Crippen LogP contribution in [0.2, 0.25) is 30.1 Å². The van der Waals surface area contributed by atoms with E-state index in [1.807, 2.05) is 84.9 Å². The van der Waals surface area contributed by atoms with Crippen LogP contribution in [0.15, 0.2) is 97.1 Å². The van der Waals surface area contributed by atoms with E-state index in [0.29, 0.717) is 43.8 Å². The molecule has 0 saturated carbocycles. The van der Waals surface area contributed by atoms with Gasteiger partial charge in [-0.3, -0.25) is 0 Å². The lowest BCUT2D eigenvalue weighted by Gasteiger charge is -2.28. The zero-order chi connectivity index (χ0) is 40.7. The minimum atomic E-state index is -1.75. The molecule has 0 aliphatic carbocycles. The lowest BCUT2D eigenvalue weighted by Crippen LogP contribution is -2.23. The van der Waals surface area contributed by atoms with Gasteiger partial charge in [-0.1, -0.05) is 106 Å². The molecule has 3 aliphatic rings. The fourth-order valence-corrected chi connectivity index (χ4v) is 9.71. The Morgan fingerprint density at radius 1 is 0.586 bits per heavy atom. The minimum Gasteiger partial charge on any atom is -0.497 e. The third kappa shape index (κ3) is 7.64. The second-order valence-corrected chi connectivity index (χ2v) is 16.8. The Labute approximate surface area is 368 Å². The maximum atomic E-state index is 14.3. The molecule has 5 aromatic rings. The van der Waals surface area contributed by atoms with Crippen LogP contribution in [0.4, 0.5) is 11.4 Å². The van der Waals surface area contributed by atoms with E-state index in [2.05, 4.69) is 21.9 Å².